The van der Waals surface area contributed by atoms with Crippen LogP contribution in [0.15, 0.2) is 30.6 Å². The molecule has 0 radical (unpaired) electrons. The standard InChI is InChI=1S/C12H12ClFN4O/c1-19-11-5-10(16-6-17-11)12(18-15)8-4-7(14)2-3-9(8)13/h2-6,12,18H,15H2,1H3. The Labute approximate surface area is 114 Å². The molecule has 5 nitrogen and oxygen atoms in total. The summed E-state index contributed by atoms with van der Waals surface area (Å²) in [7, 11) is 1.49. The van der Waals surface area contributed by atoms with Crippen LogP contribution in [0.5, 0.6) is 5.88 Å². The lowest BCUT2D eigenvalue weighted by atomic mass is 10.0. The quantitative estimate of drug-likeness (QED) is 0.661. The van der Waals surface area contributed by atoms with Gasteiger partial charge in [-0.2, -0.15) is 0 Å². The number of benzene rings is 1. The molecular formula is C12H12ClFN4O. The van der Waals surface area contributed by atoms with E-state index in [-0.39, 0.29) is 0 Å². The number of methoxy groups -OCH3 is 1. The third-order valence-corrected chi connectivity index (χ3v) is 2.95. The van der Waals surface area contributed by atoms with Gasteiger partial charge in [-0.3, -0.25) is 5.84 Å². The minimum Gasteiger partial charge on any atom is -0.481 e. The van der Waals surface area contributed by atoms with Crippen LogP contribution in [0.3, 0.4) is 0 Å². The fourth-order valence-electron chi connectivity index (χ4n) is 1.69. The van der Waals surface area contributed by atoms with E-state index in [1.807, 2.05) is 0 Å². The van der Waals surface area contributed by atoms with Crippen LogP contribution in [0.25, 0.3) is 0 Å². The number of nitrogens with two attached hydrogens (primary N) is 1. The van der Waals surface area contributed by atoms with Gasteiger partial charge in [0.25, 0.3) is 0 Å². The number of nitrogens with zero attached hydrogens (tertiary/aromatic N) is 2. The molecule has 1 aromatic heterocycles. The van der Waals surface area contributed by atoms with E-state index in [1.165, 1.54) is 31.6 Å². The number of hydrogen-bond acceptors (Lipinski definition) is 5. The summed E-state index contributed by atoms with van der Waals surface area (Å²) in [5.41, 5.74) is 3.58. The third-order valence-electron chi connectivity index (χ3n) is 2.60. The molecule has 0 saturated carbocycles. The maximum atomic E-state index is 13.3. The smallest absolute Gasteiger partial charge is 0.216 e. The minimum absolute atomic E-state index is 0.387. The van der Waals surface area contributed by atoms with Gasteiger partial charge in [-0.1, -0.05) is 11.6 Å². The first-order valence-corrected chi connectivity index (χ1v) is 5.80. The predicted molar refractivity (Wildman–Crippen MR) is 69.2 cm³/mol. The summed E-state index contributed by atoms with van der Waals surface area (Å²) in [5.74, 6) is 5.50. The molecule has 0 amide bonds. The molecule has 1 unspecified atom stereocenters. The maximum absolute atomic E-state index is 13.3. The first-order chi connectivity index (χ1) is 9.15. The Bertz CT molecular complexity index is 581. The van der Waals surface area contributed by atoms with E-state index >= 15 is 0 Å². The van der Waals surface area contributed by atoms with Crippen molar-refractivity contribution in [2.75, 3.05) is 7.11 Å². The van der Waals surface area contributed by atoms with Gasteiger partial charge in [0.15, 0.2) is 0 Å². The Morgan fingerprint density at radius 2 is 2.16 bits per heavy atom. The Balaban J connectivity index is 2.46. The molecule has 2 rings (SSSR count). The fourth-order valence-corrected chi connectivity index (χ4v) is 1.92. The van der Waals surface area contributed by atoms with Crippen LogP contribution in [0.1, 0.15) is 17.3 Å². The van der Waals surface area contributed by atoms with E-state index in [9.17, 15) is 4.39 Å². The Kier molecular flexibility index (Phi) is 4.26. The first-order valence-electron chi connectivity index (χ1n) is 5.42. The Hall–Kier alpha value is -1.76. The van der Waals surface area contributed by atoms with Crippen LogP contribution in [-0.2, 0) is 0 Å². The highest BCUT2D eigenvalue weighted by Crippen LogP contribution is 2.28. The van der Waals surface area contributed by atoms with Crippen molar-refractivity contribution < 1.29 is 9.13 Å². The summed E-state index contributed by atoms with van der Waals surface area (Å²) in [6.07, 6.45) is 1.34. The van der Waals surface area contributed by atoms with Crippen molar-refractivity contribution in [3.8, 4) is 5.88 Å². The van der Waals surface area contributed by atoms with Gasteiger partial charge >= 0.3 is 0 Å². The predicted octanol–water partition coefficient (Wildman–Crippen LogP) is 1.83. The summed E-state index contributed by atoms with van der Waals surface area (Å²) in [6, 6.07) is 5.10. The molecule has 100 valence electrons. The summed E-state index contributed by atoms with van der Waals surface area (Å²) in [5, 5.41) is 0.391. The van der Waals surface area contributed by atoms with Crippen LogP contribution in [0.2, 0.25) is 5.02 Å². The summed E-state index contributed by atoms with van der Waals surface area (Å²) in [4.78, 5) is 7.99. The van der Waals surface area contributed by atoms with Gasteiger partial charge in [-0.15, -0.1) is 0 Å². The molecule has 1 atom stereocenters. The number of hydrazine groups is 1. The van der Waals surface area contributed by atoms with E-state index in [4.69, 9.17) is 22.2 Å². The first kappa shape index (κ1) is 13.7. The van der Waals surface area contributed by atoms with Crippen molar-refractivity contribution in [3.05, 3.63) is 52.7 Å². The van der Waals surface area contributed by atoms with Crippen molar-refractivity contribution in [2.24, 2.45) is 5.84 Å². The lowest BCUT2D eigenvalue weighted by molar-refractivity contribution is 0.395. The van der Waals surface area contributed by atoms with Crippen LogP contribution in [0.4, 0.5) is 4.39 Å². The molecule has 0 saturated heterocycles. The molecule has 19 heavy (non-hydrogen) atoms. The van der Waals surface area contributed by atoms with E-state index in [0.29, 0.717) is 22.2 Å². The van der Waals surface area contributed by atoms with Gasteiger partial charge in [0.2, 0.25) is 5.88 Å². The zero-order chi connectivity index (χ0) is 13.8. The summed E-state index contributed by atoms with van der Waals surface area (Å²) >= 11 is 6.06. The molecule has 3 N–H and O–H groups in total. The fraction of sp³-hybridized carbons (Fsp3) is 0.167. The molecular weight excluding hydrogens is 271 g/mol. The highest BCUT2D eigenvalue weighted by molar-refractivity contribution is 6.31. The zero-order valence-corrected chi connectivity index (χ0v) is 10.9. The second-order valence-corrected chi connectivity index (χ2v) is 4.16. The molecule has 2 aromatic rings. The Morgan fingerprint density at radius 3 is 2.84 bits per heavy atom. The average Bonchev–Trinajstić information content (AvgIpc) is 2.44. The van der Waals surface area contributed by atoms with Crippen molar-refractivity contribution >= 4 is 11.6 Å². The zero-order valence-electron chi connectivity index (χ0n) is 10.1. The van der Waals surface area contributed by atoms with Crippen molar-refractivity contribution in [2.45, 2.75) is 6.04 Å². The number of halogens is 2. The van der Waals surface area contributed by atoms with E-state index in [0.717, 1.165) is 0 Å². The largest absolute Gasteiger partial charge is 0.481 e. The van der Waals surface area contributed by atoms with Crippen molar-refractivity contribution in [3.63, 3.8) is 0 Å². The molecule has 0 spiro atoms. The molecule has 0 bridgehead atoms. The highest BCUT2D eigenvalue weighted by Gasteiger charge is 2.18. The monoisotopic (exact) mass is 282 g/mol. The lowest BCUT2D eigenvalue weighted by Crippen LogP contribution is -2.30. The van der Waals surface area contributed by atoms with Crippen LogP contribution in [-0.4, -0.2) is 17.1 Å². The van der Waals surface area contributed by atoms with E-state index < -0.39 is 11.9 Å². The molecule has 0 aliphatic heterocycles. The van der Waals surface area contributed by atoms with E-state index in [2.05, 4.69) is 15.4 Å². The minimum atomic E-state index is -0.555. The topological polar surface area (TPSA) is 73.1 Å². The average molecular weight is 283 g/mol. The number of hydrogen-bond donors (Lipinski definition) is 2. The highest BCUT2D eigenvalue weighted by atomic mass is 35.5. The number of aromatic nitrogens is 2. The van der Waals surface area contributed by atoms with Gasteiger partial charge in [0.05, 0.1) is 18.8 Å². The van der Waals surface area contributed by atoms with Crippen molar-refractivity contribution in [1.82, 2.24) is 15.4 Å². The molecule has 0 aliphatic rings. The molecule has 1 heterocycles. The van der Waals surface area contributed by atoms with Crippen LogP contribution in [0, 0.1) is 5.82 Å². The molecule has 0 fully saturated rings. The number of rotatable bonds is 4. The second kappa shape index (κ2) is 5.92. The molecule has 1 aromatic carbocycles. The Morgan fingerprint density at radius 1 is 1.37 bits per heavy atom. The number of nitrogens with one attached hydrogen (secondary N) is 1. The van der Waals surface area contributed by atoms with Gasteiger partial charge in [0, 0.05) is 11.1 Å². The summed E-state index contributed by atoms with van der Waals surface area (Å²) < 4.78 is 18.3. The normalized spacial score (nSPS) is 12.2. The van der Waals surface area contributed by atoms with Gasteiger partial charge in [-0.05, 0) is 23.8 Å². The van der Waals surface area contributed by atoms with Crippen molar-refractivity contribution in [1.29, 1.82) is 0 Å². The maximum Gasteiger partial charge on any atom is 0.216 e. The second-order valence-electron chi connectivity index (χ2n) is 3.75. The SMILES string of the molecule is COc1cc(C(NN)c2cc(F)ccc2Cl)ncn1. The lowest BCUT2D eigenvalue weighted by Gasteiger charge is -2.17. The van der Waals surface area contributed by atoms with Crippen LogP contribution < -0.4 is 16.0 Å². The van der Waals surface area contributed by atoms with Gasteiger partial charge in [0.1, 0.15) is 12.1 Å². The summed E-state index contributed by atoms with van der Waals surface area (Å²) in [6.45, 7) is 0. The van der Waals surface area contributed by atoms with Crippen LogP contribution >= 0.6 is 11.6 Å². The molecule has 7 heteroatoms. The molecule has 0 aliphatic carbocycles. The number of ether oxygens (including phenoxy) is 1. The third kappa shape index (κ3) is 2.98. The van der Waals surface area contributed by atoms with Gasteiger partial charge in [-0.25, -0.2) is 19.8 Å². The van der Waals surface area contributed by atoms with Gasteiger partial charge < -0.3 is 4.74 Å². The van der Waals surface area contributed by atoms with E-state index in [1.54, 1.807) is 6.07 Å².